The van der Waals surface area contributed by atoms with Crippen molar-refractivity contribution in [2.24, 2.45) is 0 Å². The molecule has 0 saturated carbocycles. The Morgan fingerprint density at radius 3 is 2.75 bits per heavy atom. The van der Waals surface area contributed by atoms with Gasteiger partial charge in [0.1, 0.15) is 0 Å². The van der Waals surface area contributed by atoms with Gasteiger partial charge in [-0.15, -0.1) is 0 Å². The molecule has 0 saturated heterocycles. The van der Waals surface area contributed by atoms with Gasteiger partial charge in [0.05, 0.1) is 22.5 Å². The molecule has 0 spiro atoms. The van der Waals surface area contributed by atoms with E-state index in [-0.39, 0.29) is 22.8 Å². The van der Waals surface area contributed by atoms with E-state index < -0.39 is 15.8 Å². The van der Waals surface area contributed by atoms with Gasteiger partial charge < -0.3 is 9.67 Å². The second-order valence-corrected chi connectivity index (χ2v) is 6.48. The van der Waals surface area contributed by atoms with Crippen LogP contribution in [0.2, 0.25) is 0 Å². The Hall–Kier alpha value is -2.15. The SMILES string of the molecule is Cc1ccc(C(=O)O)cc1S(=O)(=O)CCn1ccnc1. The molecule has 0 aliphatic heterocycles. The third kappa shape index (κ3) is 3.05. The highest BCUT2D eigenvalue weighted by atomic mass is 32.2. The van der Waals surface area contributed by atoms with Crippen molar-refractivity contribution in [3.05, 3.63) is 48.0 Å². The van der Waals surface area contributed by atoms with E-state index in [0.29, 0.717) is 5.56 Å². The molecule has 1 N–H and O–H groups in total. The van der Waals surface area contributed by atoms with Crippen molar-refractivity contribution in [2.45, 2.75) is 18.4 Å². The summed E-state index contributed by atoms with van der Waals surface area (Å²) >= 11 is 0. The Balaban J connectivity index is 2.28. The quantitative estimate of drug-likeness (QED) is 0.899. The van der Waals surface area contributed by atoms with Crippen LogP contribution in [0.3, 0.4) is 0 Å². The highest BCUT2D eigenvalue weighted by Gasteiger charge is 2.19. The van der Waals surface area contributed by atoms with Crippen molar-refractivity contribution >= 4 is 15.8 Å². The van der Waals surface area contributed by atoms with Crippen LogP contribution < -0.4 is 0 Å². The van der Waals surface area contributed by atoms with Crippen molar-refractivity contribution in [1.82, 2.24) is 9.55 Å². The second-order valence-electron chi connectivity index (χ2n) is 4.40. The number of nitrogens with zero attached hydrogens (tertiary/aromatic N) is 2. The lowest BCUT2D eigenvalue weighted by atomic mass is 10.1. The predicted octanol–water partition coefficient (Wildman–Crippen LogP) is 1.36. The lowest BCUT2D eigenvalue weighted by Crippen LogP contribution is -2.14. The fraction of sp³-hybridized carbons (Fsp3) is 0.231. The van der Waals surface area contributed by atoms with Crippen molar-refractivity contribution in [3.63, 3.8) is 0 Å². The van der Waals surface area contributed by atoms with E-state index in [0.717, 1.165) is 0 Å². The molecule has 2 rings (SSSR count). The zero-order valence-electron chi connectivity index (χ0n) is 10.9. The van der Waals surface area contributed by atoms with Crippen LogP contribution in [0.25, 0.3) is 0 Å². The molecule has 7 heteroatoms. The number of carboxylic acids is 1. The van der Waals surface area contributed by atoms with E-state index in [2.05, 4.69) is 4.98 Å². The van der Waals surface area contributed by atoms with E-state index in [1.807, 2.05) is 0 Å². The summed E-state index contributed by atoms with van der Waals surface area (Å²) in [5, 5.41) is 8.94. The number of rotatable bonds is 5. The number of aryl methyl sites for hydroxylation is 2. The van der Waals surface area contributed by atoms with Crippen LogP contribution >= 0.6 is 0 Å². The number of hydrogen-bond acceptors (Lipinski definition) is 4. The molecule has 1 aromatic carbocycles. The van der Waals surface area contributed by atoms with Crippen LogP contribution in [0.15, 0.2) is 41.8 Å². The van der Waals surface area contributed by atoms with Gasteiger partial charge in [-0.05, 0) is 24.6 Å². The summed E-state index contributed by atoms with van der Waals surface area (Å²) in [6, 6.07) is 4.11. The molecule has 6 nitrogen and oxygen atoms in total. The Morgan fingerprint density at radius 2 is 2.15 bits per heavy atom. The molecule has 0 unspecified atom stereocenters. The molecule has 0 aliphatic carbocycles. The Labute approximate surface area is 116 Å². The number of carboxylic acid groups (broad SMARTS) is 1. The van der Waals surface area contributed by atoms with Gasteiger partial charge in [0, 0.05) is 18.9 Å². The molecule has 0 aliphatic rings. The van der Waals surface area contributed by atoms with E-state index in [1.165, 1.54) is 24.5 Å². The topological polar surface area (TPSA) is 89.3 Å². The summed E-state index contributed by atoms with van der Waals surface area (Å²) in [7, 11) is -3.53. The van der Waals surface area contributed by atoms with Crippen LogP contribution in [0, 0.1) is 6.92 Å². The van der Waals surface area contributed by atoms with Gasteiger partial charge in [0.2, 0.25) is 0 Å². The largest absolute Gasteiger partial charge is 0.478 e. The molecular weight excluding hydrogens is 280 g/mol. The number of hydrogen-bond donors (Lipinski definition) is 1. The normalized spacial score (nSPS) is 11.4. The molecule has 0 atom stereocenters. The van der Waals surface area contributed by atoms with Gasteiger partial charge in [0.15, 0.2) is 9.84 Å². The van der Waals surface area contributed by atoms with E-state index in [1.54, 1.807) is 23.9 Å². The minimum atomic E-state index is -3.53. The van der Waals surface area contributed by atoms with E-state index >= 15 is 0 Å². The van der Waals surface area contributed by atoms with Crippen LogP contribution in [0.5, 0.6) is 0 Å². The molecule has 1 heterocycles. The Kier molecular flexibility index (Phi) is 3.89. The zero-order chi connectivity index (χ0) is 14.8. The van der Waals surface area contributed by atoms with Crippen molar-refractivity contribution < 1.29 is 18.3 Å². The number of aromatic carboxylic acids is 1. The molecule has 0 radical (unpaired) electrons. The Bertz CT molecular complexity index is 721. The molecule has 20 heavy (non-hydrogen) atoms. The number of benzene rings is 1. The first-order valence-corrected chi connectivity index (χ1v) is 7.58. The maximum absolute atomic E-state index is 12.3. The fourth-order valence-corrected chi connectivity index (χ4v) is 3.36. The first-order chi connectivity index (χ1) is 9.40. The van der Waals surface area contributed by atoms with E-state index in [4.69, 9.17) is 5.11 Å². The summed E-state index contributed by atoms with van der Waals surface area (Å²) in [6.45, 7) is 1.93. The highest BCUT2D eigenvalue weighted by molar-refractivity contribution is 7.91. The number of imidazole rings is 1. The summed E-state index contributed by atoms with van der Waals surface area (Å²) in [5.74, 6) is -1.25. The lowest BCUT2D eigenvalue weighted by molar-refractivity contribution is 0.0696. The molecule has 1 aromatic heterocycles. The molecular formula is C13H14N2O4S. The summed E-state index contributed by atoms with van der Waals surface area (Å²) in [5.41, 5.74) is 0.512. The summed E-state index contributed by atoms with van der Waals surface area (Å²) in [4.78, 5) is 14.8. The predicted molar refractivity (Wildman–Crippen MR) is 72.4 cm³/mol. The molecule has 2 aromatic rings. The number of carbonyl (C=O) groups is 1. The number of sulfone groups is 1. The molecule has 106 valence electrons. The average molecular weight is 294 g/mol. The van der Waals surface area contributed by atoms with Gasteiger partial charge in [-0.3, -0.25) is 0 Å². The maximum atomic E-state index is 12.3. The van der Waals surface area contributed by atoms with Crippen LogP contribution in [-0.2, 0) is 16.4 Å². The number of aromatic nitrogens is 2. The maximum Gasteiger partial charge on any atom is 0.335 e. The van der Waals surface area contributed by atoms with Crippen LogP contribution in [0.4, 0.5) is 0 Å². The van der Waals surface area contributed by atoms with Gasteiger partial charge in [-0.2, -0.15) is 0 Å². The van der Waals surface area contributed by atoms with Gasteiger partial charge in [-0.1, -0.05) is 6.07 Å². The summed E-state index contributed by atoms with van der Waals surface area (Å²) in [6.07, 6.45) is 4.79. The van der Waals surface area contributed by atoms with Crippen LogP contribution in [-0.4, -0.2) is 34.8 Å². The lowest BCUT2D eigenvalue weighted by Gasteiger charge is -2.09. The first kappa shape index (κ1) is 14.3. The van der Waals surface area contributed by atoms with Crippen molar-refractivity contribution in [1.29, 1.82) is 0 Å². The molecule has 0 amide bonds. The Morgan fingerprint density at radius 1 is 1.40 bits per heavy atom. The zero-order valence-corrected chi connectivity index (χ0v) is 11.7. The minimum absolute atomic E-state index is 0.0307. The highest BCUT2D eigenvalue weighted by Crippen LogP contribution is 2.19. The summed E-state index contributed by atoms with van der Waals surface area (Å²) < 4.78 is 26.3. The van der Waals surface area contributed by atoms with Gasteiger partial charge >= 0.3 is 5.97 Å². The first-order valence-electron chi connectivity index (χ1n) is 5.92. The van der Waals surface area contributed by atoms with Gasteiger partial charge in [0.25, 0.3) is 0 Å². The minimum Gasteiger partial charge on any atom is -0.478 e. The third-order valence-electron chi connectivity index (χ3n) is 2.95. The smallest absolute Gasteiger partial charge is 0.335 e. The van der Waals surface area contributed by atoms with Crippen molar-refractivity contribution in [2.75, 3.05) is 5.75 Å². The van der Waals surface area contributed by atoms with E-state index in [9.17, 15) is 13.2 Å². The van der Waals surface area contributed by atoms with Gasteiger partial charge in [-0.25, -0.2) is 18.2 Å². The fourth-order valence-electron chi connectivity index (χ4n) is 1.82. The van der Waals surface area contributed by atoms with Crippen LogP contribution in [0.1, 0.15) is 15.9 Å². The third-order valence-corrected chi connectivity index (χ3v) is 4.78. The molecule has 0 bridgehead atoms. The molecule has 0 fully saturated rings. The van der Waals surface area contributed by atoms with Crippen molar-refractivity contribution in [3.8, 4) is 0 Å². The standard InChI is InChI=1S/C13H14N2O4S/c1-10-2-3-11(13(16)17)8-12(10)20(18,19)7-6-15-5-4-14-9-15/h2-5,8-9H,6-7H2,1H3,(H,16,17). The second kappa shape index (κ2) is 5.46. The monoisotopic (exact) mass is 294 g/mol. The average Bonchev–Trinajstić information content (AvgIpc) is 2.89.